The van der Waals surface area contributed by atoms with Gasteiger partial charge in [-0.05, 0) is 31.1 Å². The minimum absolute atomic E-state index is 0.0313. The number of carbonyl (C=O) groups excluding carboxylic acids is 1. The van der Waals surface area contributed by atoms with Crippen LogP contribution in [0.1, 0.15) is 29.3 Å². The molecule has 27 heavy (non-hydrogen) atoms. The number of fused-ring (bicyclic) bond motifs is 1. The number of ether oxygens (including phenoxy) is 1. The van der Waals surface area contributed by atoms with Gasteiger partial charge in [-0.1, -0.05) is 30.7 Å². The first-order valence-corrected chi connectivity index (χ1v) is 8.86. The molecule has 0 saturated heterocycles. The topological polar surface area (TPSA) is 74.3 Å². The predicted molar refractivity (Wildman–Crippen MR) is 104 cm³/mol. The molecule has 140 valence electrons. The fourth-order valence-electron chi connectivity index (χ4n) is 2.80. The second kappa shape index (κ2) is 7.80. The van der Waals surface area contributed by atoms with Crippen LogP contribution in [-0.2, 0) is 29.6 Å². The number of hydrogen-bond acceptors (Lipinski definition) is 5. The van der Waals surface area contributed by atoms with Crippen LogP contribution in [0, 0.1) is 6.92 Å². The van der Waals surface area contributed by atoms with E-state index in [1.807, 2.05) is 25.1 Å². The molecule has 0 unspecified atom stereocenters. The zero-order chi connectivity index (χ0) is 19.6. The number of rotatable bonds is 5. The molecule has 2 heterocycles. The van der Waals surface area contributed by atoms with Gasteiger partial charge in [-0.3, -0.25) is 4.68 Å². The quantitative estimate of drug-likeness (QED) is 0.378. The molecule has 3 aromatic rings. The molecule has 1 aromatic carbocycles. The third-order valence-corrected chi connectivity index (χ3v) is 4.70. The lowest BCUT2D eigenvalue weighted by atomic mass is 10.1. The second-order valence-electron chi connectivity index (χ2n) is 6.13. The van der Waals surface area contributed by atoms with Crippen LogP contribution in [0.25, 0.3) is 17.0 Å². The van der Waals surface area contributed by atoms with E-state index in [0.717, 1.165) is 17.4 Å². The summed E-state index contributed by atoms with van der Waals surface area (Å²) in [6.07, 6.45) is 3.69. The summed E-state index contributed by atoms with van der Waals surface area (Å²) in [6, 6.07) is 7.00. The first kappa shape index (κ1) is 18.9. The summed E-state index contributed by atoms with van der Waals surface area (Å²) in [4.78, 5) is 23.9. The average Bonchev–Trinajstić information content (AvgIpc) is 2.88. The lowest BCUT2D eigenvalue weighted by Crippen LogP contribution is -2.06. The van der Waals surface area contributed by atoms with E-state index in [1.165, 1.54) is 16.8 Å². The summed E-state index contributed by atoms with van der Waals surface area (Å²) in [6.45, 7) is 3.79. The highest BCUT2D eigenvalue weighted by Crippen LogP contribution is 2.21. The van der Waals surface area contributed by atoms with Crippen LogP contribution in [-0.4, -0.2) is 15.7 Å². The normalized spacial score (nSPS) is 11.4. The number of halogens is 1. The van der Waals surface area contributed by atoms with Gasteiger partial charge in [0.05, 0.1) is 5.69 Å². The highest BCUT2D eigenvalue weighted by Gasteiger charge is 2.10. The summed E-state index contributed by atoms with van der Waals surface area (Å²) < 4.78 is 12.1. The maximum absolute atomic E-state index is 12.1. The standard InChI is InChI=1S/C20H19ClN2O4/c1-4-13-5-6-16-14(10-19(25)27-17(16)9-13)11-26-18(24)8-7-15-12(2)22-23(3)20(15)21/h5-10H,4,11H2,1-3H3. The van der Waals surface area contributed by atoms with Gasteiger partial charge in [-0.25, -0.2) is 9.59 Å². The van der Waals surface area contributed by atoms with Crippen molar-refractivity contribution >= 4 is 34.6 Å². The molecule has 0 bridgehead atoms. The molecule has 2 aromatic heterocycles. The van der Waals surface area contributed by atoms with Gasteiger partial charge in [0, 0.05) is 35.7 Å². The van der Waals surface area contributed by atoms with E-state index in [0.29, 0.717) is 27.6 Å². The zero-order valence-electron chi connectivity index (χ0n) is 15.3. The molecule has 0 aliphatic heterocycles. The molecule has 3 rings (SSSR count). The van der Waals surface area contributed by atoms with Gasteiger partial charge in [0.2, 0.25) is 0 Å². The van der Waals surface area contributed by atoms with Crippen molar-refractivity contribution in [3.8, 4) is 0 Å². The van der Waals surface area contributed by atoms with Gasteiger partial charge < -0.3 is 9.15 Å². The Morgan fingerprint density at radius 3 is 2.81 bits per heavy atom. The fraction of sp³-hybridized carbons (Fsp3) is 0.250. The van der Waals surface area contributed by atoms with Crippen molar-refractivity contribution in [3.63, 3.8) is 0 Å². The van der Waals surface area contributed by atoms with Crippen molar-refractivity contribution in [2.45, 2.75) is 26.9 Å². The molecular formula is C20H19ClN2O4. The second-order valence-corrected chi connectivity index (χ2v) is 6.49. The summed E-state index contributed by atoms with van der Waals surface area (Å²) in [5.74, 6) is -0.541. The van der Waals surface area contributed by atoms with E-state index in [1.54, 1.807) is 20.0 Å². The minimum Gasteiger partial charge on any atom is -0.458 e. The first-order valence-electron chi connectivity index (χ1n) is 8.48. The lowest BCUT2D eigenvalue weighted by Gasteiger charge is -2.07. The van der Waals surface area contributed by atoms with Crippen LogP contribution in [0.15, 0.2) is 39.6 Å². The Kier molecular flexibility index (Phi) is 5.46. The number of nitrogens with zero attached hydrogens (tertiary/aromatic N) is 2. The smallest absolute Gasteiger partial charge is 0.336 e. The monoisotopic (exact) mass is 386 g/mol. The fourth-order valence-corrected chi connectivity index (χ4v) is 3.04. The third kappa shape index (κ3) is 4.11. The summed E-state index contributed by atoms with van der Waals surface area (Å²) in [7, 11) is 1.72. The minimum atomic E-state index is -0.541. The van der Waals surface area contributed by atoms with Crippen molar-refractivity contribution in [2.24, 2.45) is 7.05 Å². The van der Waals surface area contributed by atoms with E-state index in [-0.39, 0.29) is 6.61 Å². The Bertz CT molecular complexity index is 1100. The molecule has 0 aliphatic rings. The molecule has 0 spiro atoms. The maximum Gasteiger partial charge on any atom is 0.336 e. The van der Waals surface area contributed by atoms with E-state index in [9.17, 15) is 9.59 Å². The summed E-state index contributed by atoms with van der Waals surface area (Å²) in [5, 5.41) is 5.36. The van der Waals surface area contributed by atoms with Crippen molar-refractivity contribution in [3.05, 3.63) is 68.3 Å². The lowest BCUT2D eigenvalue weighted by molar-refractivity contribution is -0.138. The highest BCUT2D eigenvalue weighted by molar-refractivity contribution is 6.31. The Morgan fingerprint density at radius 1 is 1.37 bits per heavy atom. The van der Waals surface area contributed by atoms with Crippen LogP contribution in [0.5, 0.6) is 0 Å². The zero-order valence-corrected chi connectivity index (χ0v) is 16.0. The van der Waals surface area contributed by atoms with Gasteiger partial charge in [0.25, 0.3) is 0 Å². The number of carbonyl (C=O) groups is 1. The largest absolute Gasteiger partial charge is 0.458 e. The Morgan fingerprint density at radius 2 is 2.15 bits per heavy atom. The number of esters is 1. The Hall–Kier alpha value is -2.86. The van der Waals surface area contributed by atoms with E-state index < -0.39 is 11.6 Å². The molecule has 0 N–H and O–H groups in total. The molecule has 0 fully saturated rings. The van der Waals surface area contributed by atoms with Crippen molar-refractivity contribution in [1.29, 1.82) is 0 Å². The van der Waals surface area contributed by atoms with Crippen LogP contribution in [0.2, 0.25) is 5.15 Å². The molecule has 7 heteroatoms. The molecule has 0 saturated carbocycles. The molecule has 0 aliphatic carbocycles. The summed E-state index contributed by atoms with van der Waals surface area (Å²) >= 11 is 6.13. The first-order chi connectivity index (χ1) is 12.9. The average molecular weight is 387 g/mol. The summed E-state index contributed by atoms with van der Waals surface area (Å²) in [5.41, 5.74) is 3.04. The maximum atomic E-state index is 12.1. The molecule has 0 amide bonds. The van der Waals surface area contributed by atoms with Crippen molar-refractivity contribution in [1.82, 2.24) is 9.78 Å². The van der Waals surface area contributed by atoms with Crippen molar-refractivity contribution in [2.75, 3.05) is 0 Å². The number of aromatic nitrogens is 2. The van der Waals surface area contributed by atoms with Crippen LogP contribution < -0.4 is 5.63 Å². The molecule has 0 radical (unpaired) electrons. The van der Waals surface area contributed by atoms with Crippen LogP contribution in [0.3, 0.4) is 0 Å². The highest BCUT2D eigenvalue weighted by atomic mass is 35.5. The van der Waals surface area contributed by atoms with Gasteiger partial charge in [-0.15, -0.1) is 0 Å². The Balaban J connectivity index is 1.77. The number of benzene rings is 1. The van der Waals surface area contributed by atoms with E-state index in [4.69, 9.17) is 20.8 Å². The van der Waals surface area contributed by atoms with Gasteiger partial charge in [-0.2, -0.15) is 5.10 Å². The van der Waals surface area contributed by atoms with E-state index in [2.05, 4.69) is 5.10 Å². The predicted octanol–water partition coefficient (Wildman–Crippen LogP) is 3.81. The van der Waals surface area contributed by atoms with Gasteiger partial charge in [0.15, 0.2) is 0 Å². The third-order valence-electron chi connectivity index (χ3n) is 4.26. The van der Waals surface area contributed by atoms with E-state index >= 15 is 0 Å². The van der Waals surface area contributed by atoms with Gasteiger partial charge in [0.1, 0.15) is 17.3 Å². The molecular weight excluding hydrogens is 368 g/mol. The number of aryl methyl sites for hydroxylation is 3. The number of hydrogen-bond donors (Lipinski definition) is 0. The van der Waals surface area contributed by atoms with Crippen LogP contribution >= 0.6 is 11.6 Å². The molecule has 0 atom stereocenters. The van der Waals surface area contributed by atoms with Crippen molar-refractivity contribution < 1.29 is 13.9 Å². The Labute approximate surface area is 161 Å². The van der Waals surface area contributed by atoms with Gasteiger partial charge >= 0.3 is 11.6 Å². The SMILES string of the molecule is CCc1ccc2c(COC(=O)C=Cc3c(C)nn(C)c3Cl)cc(=O)oc2c1. The van der Waals surface area contributed by atoms with Crippen LogP contribution in [0.4, 0.5) is 0 Å². The molecule has 6 nitrogen and oxygen atoms in total.